The van der Waals surface area contributed by atoms with Gasteiger partial charge >= 0.3 is 11.9 Å². The number of carboxylic acid groups (broad SMARTS) is 1. The lowest BCUT2D eigenvalue weighted by Gasteiger charge is -2.18. The van der Waals surface area contributed by atoms with Gasteiger partial charge in [-0.3, -0.25) is 4.79 Å². The Morgan fingerprint density at radius 3 is 2.06 bits per heavy atom. The predicted octanol–water partition coefficient (Wildman–Crippen LogP) is 3.90. The zero-order chi connectivity index (χ0) is 24.7. The minimum absolute atomic E-state index is 0.151. The van der Waals surface area contributed by atoms with Crippen LogP contribution in [0.1, 0.15) is 5.56 Å². The van der Waals surface area contributed by atoms with Crippen LogP contribution in [-0.4, -0.2) is 54.4 Å². The molecule has 0 fully saturated rings. The van der Waals surface area contributed by atoms with Crippen molar-refractivity contribution in [2.45, 2.75) is 12.5 Å². The lowest BCUT2D eigenvalue weighted by Crippen LogP contribution is -2.44. The van der Waals surface area contributed by atoms with E-state index in [1.54, 1.807) is 12.1 Å². The molecule has 2 aromatic rings. The monoisotopic (exact) mass is 907 g/mol. The summed E-state index contributed by atoms with van der Waals surface area (Å²) in [4.78, 5) is 34.7. The van der Waals surface area contributed by atoms with Crippen LogP contribution in [0.15, 0.2) is 24.3 Å². The Morgan fingerprint density at radius 1 is 0.970 bits per heavy atom. The molecule has 2 rings (SSSR count). The molecule has 9 nitrogen and oxygen atoms in total. The van der Waals surface area contributed by atoms with E-state index in [4.69, 9.17) is 19.3 Å². The number of halogens is 4. The zero-order valence-electron chi connectivity index (χ0n) is 16.9. The lowest BCUT2D eigenvalue weighted by molar-refractivity contribution is -0.147. The molecule has 1 amide bonds. The number of hydrogen-bond donors (Lipinski definition) is 3. The van der Waals surface area contributed by atoms with Crippen molar-refractivity contribution in [3.63, 3.8) is 0 Å². The highest BCUT2D eigenvalue weighted by atomic mass is 127. The van der Waals surface area contributed by atoms with Gasteiger partial charge in [-0.25, -0.2) is 9.59 Å². The van der Waals surface area contributed by atoms with E-state index in [0.717, 1.165) is 12.7 Å². The molecule has 0 aromatic heterocycles. The number of carbonyl (C=O) groups excluding carboxylic acids is 2. The number of ether oxygens (including phenoxy) is 3. The number of carbonyl (C=O) groups is 3. The summed E-state index contributed by atoms with van der Waals surface area (Å²) in [6, 6.07) is 6.14. The first kappa shape index (κ1) is 28.6. The molecule has 0 heterocycles. The first-order chi connectivity index (χ1) is 15.5. The van der Waals surface area contributed by atoms with E-state index >= 15 is 0 Å². The fraction of sp³-hybridized carbons (Fsp3) is 0.250. The summed E-state index contributed by atoms with van der Waals surface area (Å²) in [6.07, 6.45) is 0.151. The van der Waals surface area contributed by atoms with E-state index in [0.29, 0.717) is 18.6 Å². The molecule has 13 heteroatoms. The molecule has 3 N–H and O–H groups in total. The number of hydrogen-bond acceptors (Lipinski definition) is 7. The highest BCUT2D eigenvalue weighted by Gasteiger charge is 2.23. The minimum Gasteiger partial charge on any atom is -0.506 e. The molecule has 0 saturated heterocycles. The molecule has 0 saturated carbocycles. The summed E-state index contributed by atoms with van der Waals surface area (Å²) < 4.78 is 18.5. The Kier molecular flexibility index (Phi) is 11.6. The second-order valence-corrected chi connectivity index (χ2v) is 11.1. The fourth-order valence-corrected chi connectivity index (χ4v) is 6.41. The number of phenolic OH excluding ortho intramolecular Hbond substituents is 1. The first-order valence-corrected chi connectivity index (χ1v) is 13.3. The zero-order valence-corrected chi connectivity index (χ0v) is 25.5. The number of amides is 1. The summed E-state index contributed by atoms with van der Waals surface area (Å²) >= 11 is 8.31. The number of carboxylic acids is 1. The quantitative estimate of drug-likeness (QED) is 0.242. The first-order valence-electron chi connectivity index (χ1n) is 9.02. The highest BCUT2D eigenvalue weighted by Crippen LogP contribution is 2.37. The van der Waals surface area contributed by atoms with Crippen molar-refractivity contribution in [2.24, 2.45) is 0 Å². The van der Waals surface area contributed by atoms with Crippen LogP contribution in [0.5, 0.6) is 17.2 Å². The minimum atomic E-state index is -1.20. The average Bonchev–Trinajstić information content (AvgIpc) is 2.73. The molecule has 0 aliphatic rings. The van der Waals surface area contributed by atoms with Crippen molar-refractivity contribution in [3.05, 3.63) is 44.1 Å². The van der Waals surface area contributed by atoms with Gasteiger partial charge in [0.25, 0.3) is 0 Å². The van der Waals surface area contributed by atoms with Gasteiger partial charge in [-0.15, -0.1) is 0 Å². The van der Waals surface area contributed by atoms with Gasteiger partial charge in [0, 0.05) is 6.42 Å². The molecule has 0 unspecified atom stereocenters. The third-order valence-corrected chi connectivity index (χ3v) is 7.24. The molecule has 0 aliphatic carbocycles. The van der Waals surface area contributed by atoms with Crippen LogP contribution in [0.4, 0.5) is 0 Å². The summed E-state index contributed by atoms with van der Waals surface area (Å²) in [6.45, 7) is -1.11. The Balaban J connectivity index is 2.17. The van der Waals surface area contributed by atoms with Crippen molar-refractivity contribution in [3.8, 4) is 17.2 Å². The number of esters is 1. The molecule has 0 spiro atoms. The SMILES string of the molecule is COC(=O)[C@H](Cc1cc(I)c(Oc2cc(I)c(O)c(I)c2)c(I)c1)NC(=O)COCC(=O)O. The molecule has 0 bridgehead atoms. The van der Waals surface area contributed by atoms with E-state index in [1.165, 1.54) is 7.11 Å². The number of aliphatic carboxylic acids is 1. The lowest BCUT2D eigenvalue weighted by atomic mass is 10.1. The molecule has 33 heavy (non-hydrogen) atoms. The molecule has 2 aromatic carbocycles. The molecule has 0 radical (unpaired) electrons. The average molecular weight is 907 g/mol. The predicted molar refractivity (Wildman–Crippen MR) is 152 cm³/mol. The van der Waals surface area contributed by atoms with Crippen LogP contribution in [0.25, 0.3) is 0 Å². The standard InChI is InChI=1S/C20H17I4NO8/c1-31-20(30)15(25-16(26)7-32-8-17(27)28)4-9-2-13(23)19(14(24)3-9)33-10-5-11(21)18(29)12(22)6-10/h2-3,5-6,15,29H,4,7-8H2,1H3,(H,25,26)(H,27,28)/t15-/m0/s1. The van der Waals surface area contributed by atoms with Crippen LogP contribution in [0, 0.1) is 14.3 Å². The maximum absolute atomic E-state index is 12.2. The highest BCUT2D eigenvalue weighted by molar-refractivity contribution is 14.1. The number of nitrogens with one attached hydrogen (secondary N) is 1. The second kappa shape index (κ2) is 13.4. The third-order valence-electron chi connectivity index (χ3n) is 3.99. The van der Waals surface area contributed by atoms with Gasteiger partial charge in [0.15, 0.2) is 5.75 Å². The number of aromatic hydroxyl groups is 1. The van der Waals surface area contributed by atoms with E-state index in [2.05, 4.69) is 50.5 Å². The number of rotatable bonds is 10. The normalized spacial score (nSPS) is 11.5. The van der Waals surface area contributed by atoms with Crippen LogP contribution in [0.3, 0.4) is 0 Å². The molecular weight excluding hydrogens is 890 g/mol. The van der Waals surface area contributed by atoms with Crippen molar-refractivity contribution in [1.82, 2.24) is 5.32 Å². The van der Waals surface area contributed by atoms with E-state index in [-0.39, 0.29) is 12.2 Å². The van der Waals surface area contributed by atoms with Crippen molar-refractivity contribution >= 4 is 108 Å². The van der Waals surface area contributed by atoms with Crippen molar-refractivity contribution in [1.29, 1.82) is 0 Å². The van der Waals surface area contributed by atoms with Gasteiger partial charge in [0.1, 0.15) is 30.8 Å². The fourth-order valence-electron chi connectivity index (χ4n) is 2.59. The molecular formula is C20H17I4NO8. The summed E-state index contributed by atoms with van der Waals surface area (Å²) in [5.41, 5.74) is 0.758. The largest absolute Gasteiger partial charge is 0.506 e. The number of benzene rings is 2. The van der Waals surface area contributed by atoms with E-state index in [9.17, 15) is 19.5 Å². The van der Waals surface area contributed by atoms with Crippen LogP contribution in [-0.2, 0) is 30.3 Å². The van der Waals surface area contributed by atoms with E-state index < -0.39 is 37.1 Å². The summed E-state index contributed by atoms with van der Waals surface area (Å²) in [7, 11) is 1.22. The van der Waals surface area contributed by atoms with Gasteiger partial charge in [0.05, 0.1) is 21.4 Å². The Labute approximate surface area is 243 Å². The van der Waals surface area contributed by atoms with Crippen molar-refractivity contribution < 1.29 is 38.8 Å². The van der Waals surface area contributed by atoms with Gasteiger partial charge in [0.2, 0.25) is 5.91 Å². The van der Waals surface area contributed by atoms with Crippen LogP contribution >= 0.6 is 90.4 Å². The molecule has 178 valence electrons. The van der Waals surface area contributed by atoms with Crippen LogP contribution in [0.2, 0.25) is 0 Å². The second-order valence-electron chi connectivity index (χ2n) is 6.46. The topological polar surface area (TPSA) is 131 Å². The number of methoxy groups -OCH3 is 1. The van der Waals surface area contributed by atoms with Crippen molar-refractivity contribution in [2.75, 3.05) is 20.3 Å². The maximum atomic E-state index is 12.2. The molecule has 0 aliphatic heterocycles. The van der Waals surface area contributed by atoms with Crippen LogP contribution < -0.4 is 10.1 Å². The Morgan fingerprint density at radius 2 is 1.55 bits per heavy atom. The maximum Gasteiger partial charge on any atom is 0.329 e. The van der Waals surface area contributed by atoms with Gasteiger partial charge < -0.3 is 29.7 Å². The summed E-state index contributed by atoms with van der Waals surface area (Å²) in [5, 5.41) is 21.0. The van der Waals surface area contributed by atoms with Gasteiger partial charge in [-0.1, -0.05) is 0 Å². The van der Waals surface area contributed by atoms with E-state index in [1.807, 2.05) is 57.3 Å². The smallest absolute Gasteiger partial charge is 0.329 e. The molecule has 1 atom stereocenters. The van der Waals surface area contributed by atoms with Gasteiger partial charge in [-0.2, -0.15) is 0 Å². The number of phenols is 1. The Bertz CT molecular complexity index is 1020. The third kappa shape index (κ3) is 8.80. The summed E-state index contributed by atoms with van der Waals surface area (Å²) in [5.74, 6) is -1.07. The van der Waals surface area contributed by atoms with Gasteiger partial charge in [-0.05, 0) is 120 Å². The Hall–Kier alpha value is -0.670.